The van der Waals surface area contributed by atoms with E-state index in [0.29, 0.717) is 6.42 Å². The Labute approximate surface area is 69.7 Å². The van der Waals surface area contributed by atoms with Crippen LogP contribution >= 0.6 is 0 Å². The fraction of sp³-hybridized carbons (Fsp3) is 0.600. The SMILES string of the molecule is C[CH-]C(=O)CC.[Y]. The molecule has 0 aliphatic rings. The quantitative estimate of drug-likeness (QED) is 0.574. The molecule has 0 atom stereocenters. The van der Waals surface area contributed by atoms with Crippen molar-refractivity contribution in [2.45, 2.75) is 20.3 Å². The number of ketones is 1. The summed E-state index contributed by atoms with van der Waals surface area (Å²) >= 11 is 0. The maximum Gasteiger partial charge on any atom is 0 e. The fourth-order valence-corrected chi connectivity index (χ4v) is 0.204. The zero-order valence-corrected chi connectivity index (χ0v) is 7.61. The monoisotopic (exact) mass is 174 g/mol. The van der Waals surface area contributed by atoms with Crippen LogP contribution in [0, 0.1) is 6.42 Å². The van der Waals surface area contributed by atoms with Crippen molar-refractivity contribution in [3.8, 4) is 0 Å². The van der Waals surface area contributed by atoms with Crippen LogP contribution in [-0.4, -0.2) is 5.78 Å². The van der Waals surface area contributed by atoms with Gasteiger partial charge in [-0.2, -0.15) is 6.92 Å². The zero-order chi connectivity index (χ0) is 4.99. The molecular weight excluding hydrogens is 165 g/mol. The van der Waals surface area contributed by atoms with Crippen LogP contribution in [0.25, 0.3) is 0 Å². The molecule has 0 saturated carbocycles. The van der Waals surface area contributed by atoms with Gasteiger partial charge < -0.3 is 11.2 Å². The van der Waals surface area contributed by atoms with Gasteiger partial charge in [-0.3, -0.25) is 0 Å². The molecule has 0 aromatic carbocycles. The third-order valence-corrected chi connectivity index (χ3v) is 0.670. The Morgan fingerprint density at radius 2 is 2.14 bits per heavy atom. The number of carbonyl (C=O) groups excluding carboxylic acids is 1. The van der Waals surface area contributed by atoms with Gasteiger partial charge >= 0.3 is 0 Å². The summed E-state index contributed by atoms with van der Waals surface area (Å²) < 4.78 is 0. The molecule has 0 amide bonds. The van der Waals surface area contributed by atoms with Crippen LogP contribution in [0.2, 0.25) is 0 Å². The van der Waals surface area contributed by atoms with Gasteiger partial charge in [-0.25, -0.2) is 0 Å². The third kappa shape index (κ3) is 6.64. The molecule has 0 aliphatic carbocycles. The van der Waals surface area contributed by atoms with Gasteiger partial charge in [-0.1, -0.05) is 6.92 Å². The number of rotatable bonds is 2. The van der Waals surface area contributed by atoms with Crippen LogP contribution < -0.4 is 0 Å². The van der Waals surface area contributed by atoms with Gasteiger partial charge in [0.1, 0.15) is 0 Å². The first-order chi connectivity index (χ1) is 2.81. The summed E-state index contributed by atoms with van der Waals surface area (Å²) in [6.07, 6.45) is 2.22. The Morgan fingerprint density at radius 1 is 1.71 bits per heavy atom. The maximum atomic E-state index is 10.1. The van der Waals surface area contributed by atoms with Crippen molar-refractivity contribution in [1.82, 2.24) is 0 Å². The molecule has 0 aliphatic heterocycles. The van der Waals surface area contributed by atoms with Gasteiger partial charge in [0.05, 0.1) is 0 Å². The van der Waals surface area contributed by atoms with Crippen LogP contribution in [0.3, 0.4) is 0 Å². The molecule has 0 heterocycles. The first-order valence-electron chi connectivity index (χ1n) is 2.13. The van der Waals surface area contributed by atoms with Gasteiger partial charge in [0.15, 0.2) is 0 Å². The second-order valence-corrected chi connectivity index (χ2v) is 1.11. The number of hydrogen-bond acceptors (Lipinski definition) is 1. The van der Waals surface area contributed by atoms with E-state index in [-0.39, 0.29) is 38.5 Å². The predicted molar refractivity (Wildman–Crippen MR) is 25.3 cm³/mol. The van der Waals surface area contributed by atoms with E-state index in [1.807, 2.05) is 6.92 Å². The molecule has 0 bridgehead atoms. The summed E-state index contributed by atoms with van der Waals surface area (Å²) in [6.45, 7) is 3.61. The Kier molecular flexibility index (Phi) is 10.1. The van der Waals surface area contributed by atoms with E-state index in [1.165, 1.54) is 0 Å². The standard InChI is InChI=1S/C5H9O.Y/c1-3-5(6)4-2;/h3H,4H2,1-2H3;/q-1;. The molecule has 7 heavy (non-hydrogen) atoms. The number of hydrogen-bond donors (Lipinski definition) is 0. The van der Waals surface area contributed by atoms with E-state index in [4.69, 9.17) is 0 Å². The molecule has 39 valence electrons. The summed E-state index contributed by atoms with van der Waals surface area (Å²) in [4.78, 5) is 10.1. The van der Waals surface area contributed by atoms with Crippen molar-refractivity contribution in [2.75, 3.05) is 0 Å². The Morgan fingerprint density at radius 3 is 2.14 bits per heavy atom. The predicted octanol–water partition coefficient (Wildman–Crippen LogP) is 1.19. The minimum Gasteiger partial charge on any atom is -0.334 e. The summed E-state index contributed by atoms with van der Waals surface area (Å²) in [7, 11) is 0. The fourth-order valence-electron chi connectivity index (χ4n) is 0.204. The van der Waals surface area contributed by atoms with E-state index in [2.05, 4.69) is 0 Å². The molecule has 0 saturated heterocycles. The average molecular weight is 174 g/mol. The molecule has 0 spiro atoms. The maximum absolute atomic E-state index is 10.1. The van der Waals surface area contributed by atoms with Crippen molar-refractivity contribution in [3.05, 3.63) is 6.42 Å². The zero-order valence-electron chi connectivity index (χ0n) is 4.77. The van der Waals surface area contributed by atoms with Crippen LogP contribution in [0.4, 0.5) is 0 Å². The number of carbonyl (C=O) groups is 1. The van der Waals surface area contributed by atoms with E-state index < -0.39 is 0 Å². The second-order valence-electron chi connectivity index (χ2n) is 1.11. The topological polar surface area (TPSA) is 17.1 Å². The third-order valence-electron chi connectivity index (χ3n) is 0.670. The van der Waals surface area contributed by atoms with Gasteiger partial charge in [-0.05, 0) is 12.2 Å². The van der Waals surface area contributed by atoms with Crippen molar-refractivity contribution >= 4 is 5.78 Å². The van der Waals surface area contributed by atoms with E-state index in [1.54, 1.807) is 13.3 Å². The van der Waals surface area contributed by atoms with Crippen LogP contribution in [0.1, 0.15) is 20.3 Å². The molecule has 1 radical (unpaired) electrons. The summed E-state index contributed by atoms with van der Waals surface area (Å²) in [5.74, 6) is 0.218. The summed E-state index contributed by atoms with van der Waals surface area (Å²) in [5.41, 5.74) is 0. The average Bonchev–Trinajstić information content (AvgIpc) is 1.65. The molecule has 2 heteroatoms. The van der Waals surface area contributed by atoms with Gasteiger partial charge in [-0.15, -0.1) is 0 Å². The van der Waals surface area contributed by atoms with Crippen molar-refractivity contribution < 1.29 is 37.5 Å². The Hall–Kier alpha value is 0.644. The number of Topliss-reactive ketones (excluding diaryl/α,β-unsaturated/α-hetero) is 1. The molecule has 0 N–H and O–H groups in total. The van der Waals surface area contributed by atoms with Crippen molar-refractivity contribution in [3.63, 3.8) is 0 Å². The molecular formula is C5H9OY-. The van der Waals surface area contributed by atoms with Gasteiger partial charge in [0, 0.05) is 32.7 Å². The molecule has 0 fully saturated rings. The van der Waals surface area contributed by atoms with E-state index in [9.17, 15) is 4.79 Å². The smallest absolute Gasteiger partial charge is 0 e. The Bertz CT molecular complexity index is 46.0. The van der Waals surface area contributed by atoms with Crippen LogP contribution in [0.5, 0.6) is 0 Å². The van der Waals surface area contributed by atoms with Crippen molar-refractivity contribution in [2.24, 2.45) is 0 Å². The normalized spacial score (nSPS) is 6.57. The molecule has 0 aromatic heterocycles. The Balaban J connectivity index is 0. The molecule has 0 unspecified atom stereocenters. The molecule has 0 rings (SSSR count). The first-order valence-corrected chi connectivity index (χ1v) is 2.13. The largest absolute Gasteiger partial charge is 0.334 e. The summed E-state index contributed by atoms with van der Waals surface area (Å²) in [6, 6.07) is 0. The minimum atomic E-state index is 0. The first kappa shape index (κ1) is 10.6. The minimum absolute atomic E-state index is 0. The van der Waals surface area contributed by atoms with Gasteiger partial charge in [0.2, 0.25) is 0 Å². The van der Waals surface area contributed by atoms with E-state index in [0.717, 1.165) is 0 Å². The van der Waals surface area contributed by atoms with Crippen LogP contribution in [0.15, 0.2) is 0 Å². The molecule has 1 nitrogen and oxygen atoms in total. The summed E-state index contributed by atoms with van der Waals surface area (Å²) in [5, 5.41) is 0. The van der Waals surface area contributed by atoms with Crippen molar-refractivity contribution in [1.29, 1.82) is 0 Å². The molecule has 0 aromatic rings. The second kappa shape index (κ2) is 6.64. The van der Waals surface area contributed by atoms with Gasteiger partial charge in [0.25, 0.3) is 0 Å². The van der Waals surface area contributed by atoms with E-state index >= 15 is 0 Å². The van der Waals surface area contributed by atoms with Crippen LogP contribution in [-0.2, 0) is 37.5 Å².